The second kappa shape index (κ2) is 9.92. The second-order valence-corrected chi connectivity index (χ2v) is 7.84. The number of rotatable bonds is 7. The van der Waals surface area contributed by atoms with Crippen molar-refractivity contribution in [3.05, 3.63) is 83.9 Å². The van der Waals surface area contributed by atoms with Crippen LogP contribution in [-0.4, -0.2) is 36.2 Å². The molecule has 1 aromatic heterocycles. The number of amides is 2. The summed E-state index contributed by atoms with van der Waals surface area (Å²) in [6, 6.07) is 20.8. The number of carbonyl (C=O) groups is 2. The van der Waals surface area contributed by atoms with Gasteiger partial charge in [-0.1, -0.05) is 17.4 Å². The fraction of sp³-hybridized carbons (Fsp3) is 0.0833. The number of hydrogen-bond acceptors (Lipinski definition) is 7. The summed E-state index contributed by atoms with van der Waals surface area (Å²) in [4.78, 5) is 25.2. The van der Waals surface area contributed by atoms with E-state index < -0.39 is 0 Å². The molecule has 0 fully saturated rings. The van der Waals surface area contributed by atoms with Gasteiger partial charge in [0.15, 0.2) is 0 Å². The topological polar surface area (TPSA) is 102 Å². The van der Waals surface area contributed by atoms with E-state index in [2.05, 4.69) is 20.8 Å². The van der Waals surface area contributed by atoms with Crippen LogP contribution in [0.15, 0.2) is 72.8 Å². The third-order valence-electron chi connectivity index (χ3n) is 4.72. The van der Waals surface area contributed by atoms with Gasteiger partial charge in [-0.05, 0) is 66.7 Å². The number of benzene rings is 3. The van der Waals surface area contributed by atoms with Crippen LogP contribution in [0.1, 0.15) is 20.7 Å². The molecule has 0 bridgehead atoms. The van der Waals surface area contributed by atoms with E-state index in [0.717, 1.165) is 11.3 Å². The van der Waals surface area contributed by atoms with Gasteiger partial charge in [0, 0.05) is 22.4 Å². The monoisotopic (exact) mass is 460 g/mol. The number of methoxy groups -OCH3 is 2. The Hall–Kier alpha value is -4.24. The van der Waals surface area contributed by atoms with Crippen molar-refractivity contribution >= 4 is 34.0 Å². The van der Waals surface area contributed by atoms with Gasteiger partial charge in [-0.25, -0.2) is 0 Å². The quantitative estimate of drug-likeness (QED) is 0.413. The molecule has 0 unspecified atom stereocenters. The first-order valence-electron chi connectivity index (χ1n) is 9.90. The third kappa shape index (κ3) is 5.34. The van der Waals surface area contributed by atoms with Crippen LogP contribution in [-0.2, 0) is 0 Å². The maximum atomic E-state index is 12.7. The van der Waals surface area contributed by atoms with Crippen molar-refractivity contribution < 1.29 is 19.1 Å². The maximum Gasteiger partial charge on any atom is 0.257 e. The Kier molecular flexibility index (Phi) is 6.61. The molecule has 3 aromatic carbocycles. The summed E-state index contributed by atoms with van der Waals surface area (Å²) in [6.07, 6.45) is 0. The van der Waals surface area contributed by atoms with E-state index in [-0.39, 0.29) is 11.8 Å². The summed E-state index contributed by atoms with van der Waals surface area (Å²) in [6.45, 7) is 0. The molecule has 4 rings (SSSR count). The Balaban J connectivity index is 1.42. The summed E-state index contributed by atoms with van der Waals surface area (Å²) in [7, 11) is 3.17. The fourth-order valence-electron chi connectivity index (χ4n) is 2.98. The van der Waals surface area contributed by atoms with Gasteiger partial charge in [-0.3, -0.25) is 14.9 Å². The Morgan fingerprint density at radius 2 is 1.39 bits per heavy atom. The molecular weight excluding hydrogens is 440 g/mol. The predicted octanol–water partition coefficient (Wildman–Crippen LogP) is 4.73. The van der Waals surface area contributed by atoms with Crippen molar-refractivity contribution in [3.8, 4) is 22.1 Å². The zero-order valence-corrected chi connectivity index (χ0v) is 18.7. The van der Waals surface area contributed by atoms with Gasteiger partial charge in [0.25, 0.3) is 11.8 Å². The lowest BCUT2D eigenvalue weighted by molar-refractivity contribution is 0.101. The third-order valence-corrected chi connectivity index (χ3v) is 5.61. The molecule has 0 radical (unpaired) electrons. The van der Waals surface area contributed by atoms with E-state index in [1.165, 1.54) is 11.3 Å². The lowest BCUT2D eigenvalue weighted by Crippen LogP contribution is -2.14. The summed E-state index contributed by atoms with van der Waals surface area (Å²) in [5, 5.41) is 14.8. The number of aromatic nitrogens is 2. The molecule has 0 saturated carbocycles. The van der Waals surface area contributed by atoms with Crippen molar-refractivity contribution in [2.45, 2.75) is 0 Å². The average Bonchev–Trinajstić information content (AvgIpc) is 3.32. The molecule has 2 N–H and O–H groups in total. The minimum Gasteiger partial charge on any atom is -0.497 e. The molecule has 0 spiro atoms. The summed E-state index contributed by atoms with van der Waals surface area (Å²) in [5.74, 6) is 0.768. The molecular formula is C24H20N4O4S. The van der Waals surface area contributed by atoms with E-state index in [9.17, 15) is 9.59 Å². The highest BCUT2D eigenvalue weighted by Crippen LogP contribution is 2.28. The van der Waals surface area contributed by atoms with E-state index in [0.29, 0.717) is 32.7 Å². The molecule has 166 valence electrons. The normalized spacial score (nSPS) is 10.4. The average molecular weight is 461 g/mol. The van der Waals surface area contributed by atoms with E-state index in [1.807, 2.05) is 24.3 Å². The highest BCUT2D eigenvalue weighted by Gasteiger charge is 2.13. The van der Waals surface area contributed by atoms with Crippen LogP contribution in [0.25, 0.3) is 10.6 Å². The van der Waals surface area contributed by atoms with Gasteiger partial charge in [0.2, 0.25) is 5.13 Å². The molecule has 0 aliphatic rings. The zero-order chi connectivity index (χ0) is 23.2. The van der Waals surface area contributed by atoms with Gasteiger partial charge in [0.05, 0.1) is 14.2 Å². The minimum atomic E-state index is -0.354. The van der Waals surface area contributed by atoms with Gasteiger partial charge in [0.1, 0.15) is 16.5 Å². The van der Waals surface area contributed by atoms with Gasteiger partial charge < -0.3 is 14.8 Å². The standard InChI is InChI=1S/C24H20N4O4S/c1-31-19-10-6-15(7-11-19)21(29)25-18-5-3-4-17(14-18)22(30)26-24-28-27-23(33-24)16-8-12-20(32-2)13-9-16/h3-14H,1-2H3,(H,25,29)(H,26,28,30). The van der Waals surface area contributed by atoms with Crippen LogP contribution >= 0.6 is 11.3 Å². The summed E-state index contributed by atoms with van der Waals surface area (Å²) < 4.78 is 10.3. The van der Waals surface area contributed by atoms with Crippen LogP contribution in [0.4, 0.5) is 10.8 Å². The summed E-state index contributed by atoms with van der Waals surface area (Å²) in [5.41, 5.74) is 2.23. The SMILES string of the molecule is COc1ccc(C(=O)Nc2cccc(C(=O)Nc3nnc(-c4ccc(OC)cc4)s3)c2)cc1. The Labute approximate surface area is 194 Å². The molecule has 4 aromatic rings. The highest BCUT2D eigenvalue weighted by molar-refractivity contribution is 7.18. The largest absolute Gasteiger partial charge is 0.497 e. The fourth-order valence-corrected chi connectivity index (χ4v) is 3.72. The summed E-state index contributed by atoms with van der Waals surface area (Å²) >= 11 is 1.26. The number of carbonyl (C=O) groups excluding carboxylic acids is 2. The molecule has 2 amide bonds. The maximum absolute atomic E-state index is 12.7. The van der Waals surface area contributed by atoms with Crippen LogP contribution in [0.2, 0.25) is 0 Å². The van der Waals surface area contributed by atoms with Crippen molar-refractivity contribution in [2.24, 2.45) is 0 Å². The predicted molar refractivity (Wildman–Crippen MR) is 127 cm³/mol. The van der Waals surface area contributed by atoms with Crippen molar-refractivity contribution in [1.82, 2.24) is 10.2 Å². The van der Waals surface area contributed by atoms with Gasteiger partial charge in [-0.15, -0.1) is 10.2 Å². The van der Waals surface area contributed by atoms with Gasteiger partial charge >= 0.3 is 0 Å². The Morgan fingerprint density at radius 3 is 2.06 bits per heavy atom. The van der Waals surface area contributed by atoms with Crippen LogP contribution in [0, 0.1) is 0 Å². The lowest BCUT2D eigenvalue weighted by atomic mass is 10.1. The van der Waals surface area contributed by atoms with Crippen LogP contribution < -0.4 is 20.1 Å². The molecule has 0 aliphatic heterocycles. The number of nitrogens with one attached hydrogen (secondary N) is 2. The first-order chi connectivity index (χ1) is 16.1. The number of hydrogen-bond donors (Lipinski definition) is 2. The molecule has 0 atom stereocenters. The highest BCUT2D eigenvalue weighted by atomic mass is 32.1. The van der Waals surface area contributed by atoms with E-state index >= 15 is 0 Å². The van der Waals surface area contributed by atoms with Crippen molar-refractivity contribution in [2.75, 3.05) is 24.9 Å². The number of anilines is 2. The Morgan fingerprint density at radius 1 is 0.758 bits per heavy atom. The van der Waals surface area contributed by atoms with E-state index in [4.69, 9.17) is 9.47 Å². The molecule has 9 heteroatoms. The smallest absolute Gasteiger partial charge is 0.257 e. The molecule has 8 nitrogen and oxygen atoms in total. The first-order valence-corrected chi connectivity index (χ1v) is 10.7. The second-order valence-electron chi connectivity index (χ2n) is 6.86. The van der Waals surface area contributed by atoms with Crippen LogP contribution in [0.3, 0.4) is 0 Å². The number of nitrogens with zero attached hydrogens (tertiary/aromatic N) is 2. The Bertz CT molecular complexity index is 1270. The van der Waals surface area contributed by atoms with Crippen LogP contribution in [0.5, 0.6) is 11.5 Å². The number of ether oxygens (including phenoxy) is 2. The minimum absolute atomic E-state index is 0.288. The van der Waals surface area contributed by atoms with Crippen molar-refractivity contribution in [3.63, 3.8) is 0 Å². The molecule has 0 aliphatic carbocycles. The lowest BCUT2D eigenvalue weighted by Gasteiger charge is -2.08. The van der Waals surface area contributed by atoms with Crippen molar-refractivity contribution in [1.29, 1.82) is 0 Å². The first kappa shape index (κ1) is 22.0. The van der Waals surface area contributed by atoms with E-state index in [1.54, 1.807) is 62.8 Å². The van der Waals surface area contributed by atoms with Gasteiger partial charge in [-0.2, -0.15) is 0 Å². The molecule has 0 saturated heterocycles. The zero-order valence-electron chi connectivity index (χ0n) is 17.9. The molecule has 1 heterocycles. The molecule has 33 heavy (non-hydrogen) atoms.